The van der Waals surface area contributed by atoms with Crippen LogP contribution in [0.4, 0.5) is 0 Å². The Balaban J connectivity index is 1.48. The van der Waals surface area contributed by atoms with Crippen LogP contribution >= 0.6 is 0 Å². The number of fused-ring (bicyclic) bond motifs is 5. The molecule has 0 spiro atoms. The molecule has 5 rings (SSSR count). The van der Waals surface area contributed by atoms with Crippen molar-refractivity contribution in [2.75, 3.05) is 13.2 Å². The number of carbonyl (C=O) groups is 1. The number of nitro groups is 1. The van der Waals surface area contributed by atoms with Gasteiger partial charge in [0, 0.05) is 24.0 Å². The lowest BCUT2D eigenvalue weighted by Gasteiger charge is -2.19. The first-order valence-corrected chi connectivity index (χ1v) is 10.7. The van der Waals surface area contributed by atoms with Crippen molar-refractivity contribution in [3.63, 3.8) is 0 Å². The number of ether oxygens (including phenoxy) is 3. The predicted octanol–water partition coefficient (Wildman–Crippen LogP) is 1.73. The van der Waals surface area contributed by atoms with Crippen LogP contribution in [0.1, 0.15) is 46.1 Å². The molecule has 34 heavy (non-hydrogen) atoms. The fourth-order valence-corrected chi connectivity index (χ4v) is 4.33. The molecule has 0 radical (unpaired) electrons. The average Bonchev–Trinajstić information content (AvgIpc) is 3.18. The number of aliphatic hydroxyl groups is 1. The van der Waals surface area contributed by atoms with E-state index in [9.17, 15) is 24.8 Å². The van der Waals surface area contributed by atoms with Crippen molar-refractivity contribution >= 4 is 16.9 Å². The van der Waals surface area contributed by atoms with Crippen LogP contribution in [0.2, 0.25) is 0 Å². The molecule has 0 saturated heterocycles. The van der Waals surface area contributed by atoms with Crippen molar-refractivity contribution in [1.82, 2.24) is 9.97 Å². The zero-order valence-corrected chi connectivity index (χ0v) is 17.8. The number of hydrogen-bond acceptors (Lipinski definition) is 11. The molecule has 0 fully saturated rings. The van der Waals surface area contributed by atoms with Gasteiger partial charge in [0.1, 0.15) is 24.7 Å². The van der Waals surface area contributed by atoms with Crippen LogP contribution in [0.3, 0.4) is 0 Å². The molecule has 1 aromatic carbocycles. The number of rotatable bonds is 6. The van der Waals surface area contributed by atoms with Crippen LogP contribution in [0.15, 0.2) is 33.9 Å². The molecule has 1 N–H and O–H groups in total. The Kier molecular flexibility index (Phi) is 5.57. The lowest BCUT2D eigenvalue weighted by Crippen LogP contribution is -2.28. The van der Waals surface area contributed by atoms with Crippen LogP contribution in [-0.2, 0) is 17.6 Å². The molecule has 3 heterocycles. The van der Waals surface area contributed by atoms with Gasteiger partial charge in [-0.15, -0.1) is 0 Å². The number of aryl methyl sites for hydroxylation is 1. The molecule has 12 nitrogen and oxygen atoms in total. The zero-order chi connectivity index (χ0) is 23.8. The standard InChI is InChI=1S/C22H19N3O9/c26-18-17-15(33-20(18)25(29)30)9-14(31-7-8-32-22(28)13-10-23-5-6-24-13)16-11-3-1-2-4-12(11)21(27)34-19(16)17/h5-6,9-10,18,20,26H,1-4,7-8H2/t18-,20-/m0/s1. The minimum absolute atomic E-state index is 0.00607. The largest absolute Gasteiger partial charge is 0.489 e. The smallest absolute Gasteiger partial charge is 0.384 e. The summed E-state index contributed by atoms with van der Waals surface area (Å²) in [5.74, 6) is -0.422. The number of aliphatic hydroxyl groups excluding tert-OH is 1. The number of esters is 1. The molecule has 0 bridgehead atoms. The Morgan fingerprint density at radius 1 is 1.24 bits per heavy atom. The summed E-state index contributed by atoms with van der Waals surface area (Å²) in [5, 5.41) is 22.3. The van der Waals surface area contributed by atoms with E-state index in [0.29, 0.717) is 23.8 Å². The highest BCUT2D eigenvalue weighted by Crippen LogP contribution is 2.47. The SMILES string of the molecule is O=C(OCCOc1cc2c(c3oc(=O)c4c(c13)CCCC4)[C@H](O)[C@@H]([N+](=O)[O-])O2)c1cnccn1. The molecule has 0 amide bonds. The van der Waals surface area contributed by atoms with Crippen molar-refractivity contribution in [3.05, 3.63) is 67.6 Å². The normalized spacial score (nSPS) is 18.6. The number of aromatic nitrogens is 2. The molecule has 0 saturated carbocycles. The van der Waals surface area contributed by atoms with Crippen molar-refractivity contribution in [3.8, 4) is 11.5 Å². The third-order valence-electron chi connectivity index (χ3n) is 5.82. The summed E-state index contributed by atoms with van der Waals surface area (Å²) in [6.45, 7) is -0.178. The highest BCUT2D eigenvalue weighted by molar-refractivity contribution is 5.93. The van der Waals surface area contributed by atoms with Gasteiger partial charge in [-0.05, 0) is 31.2 Å². The van der Waals surface area contributed by atoms with E-state index in [0.717, 1.165) is 18.4 Å². The summed E-state index contributed by atoms with van der Waals surface area (Å²) in [7, 11) is 0. The third kappa shape index (κ3) is 3.71. The van der Waals surface area contributed by atoms with Gasteiger partial charge in [-0.1, -0.05) is 0 Å². The van der Waals surface area contributed by atoms with Gasteiger partial charge in [0.05, 0.1) is 22.1 Å². The number of hydrogen-bond donors (Lipinski definition) is 1. The van der Waals surface area contributed by atoms with E-state index < -0.39 is 28.9 Å². The van der Waals surface area contributed by atoms with Gasteiger partial charge in [-0.2, -0.15) is 0 Å². The van der Waals surface area contributed by atoms with Crippen molar-refractivity contribution in [2.45, 2.75) is 38.0 Å². The van der Waals surface area contributed by atoms with Crippen LogP contribution in [0.5, 0.6) is 11.5 Å². The summed E-state index contributed by atoms with van der Waals surface area (Å²) in [5.41, 5.74) is 0.807. The quantitative estimate of drug-likeness (QED) is 0.184. The molecule has 1 aliphatic carbocycles. The second-order valence-electron chi connectivity index (χ2n) is 7.86. The Labute approximate surface area is 191 Å². The van der Waals surface area contributed by atoms with Gasteiger partial charge >= 0.3 is 17.8 Å². The van der Waals surface area contributed by atoms with E-state index >= 15 is 0 Å². The van der Waals surface area contributed by atoms with Gasteiger partial charge in [0.15, 0.2) is 17.4 Å². The minimum atomic E-state index is -1.73. The van der Waals surface area contributed by atoms with Gasteiger partial charge in [-0.25, -0.2) is 14.6 Å². The molecule has 12 heteroatoms. The van der Waals surface area contributed by atoms with Crippen molar-refractivity contribution in [1.29, 1.82) is 0 Å². The number of benzene rings is 1. The predicted molar refractivity (Wildman–Crippen MR) is 113 cm³/mol. The van der Waals surface area contributed by atoms with Gasteiger partial charge in [0.2, 0.25) is 0 Å². The first-order valence-electron chi connectivity index (χ1n) is 10.7. The Hall–Kier alpha value is -4.06. The van der Waals surface area contributed by atoms with Gasteiger partial charge in [0.25, 0.3) is 0 Å². The summed E-state index contributed by atoms with van der Waals surface area (Å²) >= 11 is 0. The van der Waals surface area contributed by atoms with Crippen molar-refractivity contribution < 1.29 is 33.5 Å². The van der Waals surface area contributed by atoms with E-state index in [1.807, 2.05) is 0 Å². The van der Waals surface area contributed by atoms with E-state index in [4.69, 9.17) is 18.6 Å². The fourth-order valence-electron chi connectivity index (χ4n) is 4.33. The molecular weight excluding hydrogens is 450 g/mol. The van der Waals surface area contributed by atoms with Crippen LogP contribution in [-0.4, -0.2) is 45.4 Å². The maximum atomic E-state index is 12.6. The minimum Gasteiger partial charge on any atom is -0.489 e. The topological polar surface area (TPSA) is 164 Å². The lowest BCUT2D eigenvalue weighted by molar-refractivity contribution is -0.572. The molecular formula is C22H19N3O9. The zero-order valence-electron chi connectivity index (χ0n) is 17.8. The van der Waals surface area contributed by atoms with Crippen molar-refractivity contribution in [2.24, 2.45) is 0 Å². The summed E-state index contributed by atoms with van der Waals surface area (Å²) < 4.78 is 21.9. The van der Waals surface area contributed by atoms with E-state index in [1.165, 1.54) is 24.7 Å². The average molecular weight is 469 g/mol. The second kappa shape index (κ2) is 8.71. The molecule has 2 aromatic heterocycles. The summed E-state index contributed by atoms with van der Waals surface area (Å²) in [6, 6.07) is 1.43. The monoisotopic (exact) mass is 469 g/mol. The van der Waals surface area contributed by atoms with E-state index in [1.54, 1.807) is 0 Å². The first-order chi connectivity index (χ1) is 16.5. The first kappa shape index (κ1) is 21.8. The second-order valence-corrected chi connectivity index (χ2v) is 7.86. The molecule has 176 valence electrons. The van der Waals surface area contributed by atoms with Gasteiger partial charge < -0.3 is 23.7 Å². The summed E-state index contributed by atoms with van der Waals surface area (Å²) in [6.07, 6.45) is 3.53. The lowest BCUT2D eigenvalue weighted by atomic mass is 9.89. The number of nitrogens with zero attached hydrogens (tertiary/aromatic N) is 3. The van der Waals surface area contributed by atoms with Crippen LogP contribution < -0.4 is 15.1 Å². The fraction of sp³-hybridized carbons (Fsp3) is 0.364. The van der Waals surface area contributed by atoms with E-state index in [2.05, 4.69) is 9.97 Å². The highest BCUT2D eigenvalue weighted by atomic mass is 16.7. The molecule has 2 aliphatic rings. The van der Waals surface area contributed by atoms with E-state index in [-0.39, 0.29) is 41.6 Å². The molecule has 1 aliphatic heterocycles. The maximum Gasteiger partial charge on any atom is 0.384 e. The maximum absolute atomic E-state index is 12.6. The highest BCUT2D eigenvalue weighted by Gasteiger charge is 2.45. The Morgan fingerprint density at radius 2 is 2.03 bits per heavy atom. The van der Waals surface area contributed by atoms with Crippen LogP contribution in [0.25, 0.3) is 11.0 Å². The molecule has 2 atom stereocenters. The molecule has 0 unspecified atom stereocenters. The third-order valence-corrected chi connectivity index (χ3v) is 5.82. The Morgan fingerprint density at radius 3 is 2.76 bits per heavy atom. The summed E-state index contributed by atoms with van der Waals surface area (Å²) in [4.78, 5) is 42.9. The molecule has 3 aromatic rings. The number of carbonyl (C=O) groups excluding carboxylic acids is 1. The van der Waals surface area contributed by atoms with Crippen LogP contribution in [0, 0.1) is 10.1 Å². The Bertz CT molecular complexity index is 1340. The van der Waals surface area contributed by atoms with Gasteiger partial charge in [-0.3, -0.25) is 15.1 Å².